The topological polar surface area (TPSA) is 39.2 Å². The Kier molecular flexibility index (Phi) is 8.46. The molecule has 2 saturated heterocycles. The highest BCUT2D eigenvalue weighted by Gasteiger charge is 2.34. The van der Waals surface area contributed by atoms with Crippen LogP contribution in [0.2, 0.25) is 5.02 Å². The molecule has 0 bridgehead atoms. The van der Waals surface area contributed by atoms with Crippen molar-refractivity contribution < 1.29 is 9.18 Å². The Morgan fingerprint density at radius 2 is 1.95 bits per heavy atom. The number of urea groups is 1. The van der Waals surface area contributed by atoms with Crippen molar-refractivity contribution in [2.45, 2.75) is 76.4 Å². The Balaban J connectivity index is 1.29. The zero-order chi connectivity index (χ0) is 25.8. The number of piperidine rings is 1. The Hall–Kier alpha value is -2.44. The van der Waals surface area contributed by atoms with Gasteiger partial charge in [-0.25, -0.2) is 9.18 Å². The molecule has 2 unspecified atom stereocenters. The summed E-state index contributed by atoms with van der Waals surface area (Å²) >= 11 is 6.18. The van der Waals surface area contributed by atoms with Crippen LogP contribution < -0.4 is 4.90 Å². The number of halogens is 2. The normalized spacial score (nSPS) is 24.9. The maximum absolute atomic E-state index is 14.2. The van der Waals surface area contributed by atoms with Crippen LogP contribution >= 0.6 is 11.6 Å². The van der Waals surface area contributed by atoms with Gasteiger partial charge in [-0.05, 0) is 93.7 Å². The lowest BCUT2D eigenvalue weighted by atomic mass is 9.84. The second-order valence-electron chi connectivity index (χ2n) is 11.1. The average Bonchev–Trinajstić information content (AvgIpc) is 3.28. The van der Waals surface area contributed by atoms with Gasteiger partial charge >= 0.3 is 6.03 Å². The van der Waals surface area contributed by atoms with Crippen molar-refractivity contribution in [2.75, 3.05) is 24.5 Å². The third-order valence-electron chi connectivity index (χ3n) is 8.46. The van der Waals surface area contributed by atoms with Crippen LogP contribution in [0.15, 0.2) is 53.5 Å². The average molecular weight is 525 g/mol. The molecule has 2 aliphatic heterocycles. The standard InChI is InChI=1S/C30H38ClFN4O/c1-22-16-29(13-15-34(22)20-23-6-2-7-23)36(28-11-4-10-26(32)19-28)30(37)33-21-35-14-5-12-27(35)18-24-8-3-9-25(31)17-24/h3-4,8-11,17,19,21-23,27,29H,2,5-7,12-16,18,20H2,1H3/b33-21+/t22-,27?,29?/m0/s1. The van der Waals surface area contributed by atoms with Crippen molar-refractivity contribution in [1.82, 2.24) is 9.80 Å². The first-order chi connectivity index (χ1) is 18.0. The number of benzene rings is 2. The van der Waals surface area contributed by atoms with Crippen molar-refractivity contribution in [3.63, 3.8) is 0 Å². The van der Waals surface area contributed by atoms with E-state index in [9.17, 15) is 9.18 Å². The molecule has 0 spiro atoms. The molecule has 0 aromatic heterocycles. The summed E-state index contributed by atoms with van der Waals surface area (Å²) in [5, 5.41) is 0.740. The number of amides is 2. The molecule has 3 fully saturated rings. The molecule has 2 aromatic carbocycles. The van der Waals surface area contributed by atoms with Crippen LogP contribution in [0.25, 0.3) is 0 Å². The van der Waals surface area contributed by atoms with E-state index >= 15 is 0 Å². The monoisotopic (exact) mass is 524 g/mol. The van der Waals surface area contributed by atoms with Gasteiger partial charge in [0, 0.05) is 48.5 Å². The highest BCUT2D eigenvalue weighted by atomic mass is 35.5. The molecule has 2 amide bonds. The van der Waals surface area contributed by atoms with E-state index in [0.29, 0.717) is 11.7 Å². The third kappa shape index (κ3) is 6.53. The number of hydrogen-bond acceptors (Lipinski definition) is 2. The second kappa shape index (κ2) is 12.0. The first-order valence-corrected chi connectivity index (χ1v) is 14.2. The summed E-state index contributed by atoms with van der Waals surface area (Å²) in [6.07, 6.45) is 10.5. The largest absolute Gasteiger partial charge is 0.359 e. The minimum absolute atomic E-state index is 0.0000683. The number of carbonyl (C=O) groups is 1. The van der Waals surface area contributed by atoms with Gasteiger partial charge in [0.25, 0.3) is 0 Å². The predicted octanol–water partition coefficient (Wildman–Crippen LogP) is 6.79. The van der Waals surface area contributed by atoms with Gasteiger partial charge in [-0.15, -0.1) is 0 Å². The van der Waals surface area contributed by atoms with Gasteiger partial charge in [-0.3, -0.25) is 4.90 Å². The Morgan fingerprint density at radius 1 is 1.11 bits per heavy atom. The van der Waals surface area contributed by atoms with Gasteiger partial charge in [0.1, 0.15) is 5.82 Å². The van der Waals surface area contributed by atoms with Crippen molar-refractivity contribution in [1.29, 1.82) is 0 Å². The van der Waals surface area contributed by atoms with Gasteiger partial charge in [0.05, 0.1) is 6.34 Å². The smallest absolute Gasteiger partial charge is 0.349 e. The zero-order valence-corrected chi connectivity index (χ0v) is 22.5. The van der Waals surface area contributed by atoms with Gasteiger partial charge in [-0.1, -0.05) is 36.2 Å². The first-order valence-electron chi connectivity index (χ1n) is 13.8. The molecule has 5 rings (SSSR count). The number of hydrogen-bond donors (Lipinski definition) is 0. The number of likely N-dealkylation sites (tertiary alicyclic amines) is 2. The lowest BCUT2D eigenvalue weighted by Gasteiger charge is -2.44. The highest BCUT2D eigenvalue weighted by molar-refractivity contribution is 6.30. The summed E-state index contributed by atoms with van der Waals surface area (Å²) < 4.78 is 14.2. The fourth-order valence-electron chi connectivity index (χ4n) is 6.16. The molecule has 198 valence electrons. The first kappa shape index (κ1) is 26.2. The van der Waals surface area contributed by atoms with E-state index in [1.165, 1.54) is 37.0 Å². The van der Waals surface area contributed by atoms with Gasteiger partial charge in [0.2, 0.25) is 0 Å². The molecule has 0 N–H and O–H groups in total. The van der Waals surface area contributed by atoms with Gasteiger partial charge < -0.3 is 9.80 Å². The fourth-order valence-corrected chi connectivity index (χ4v) is 6.38. The lowest BCUT2D eigenvalue weighted by molar-refractivity contribution is 0.101. The van der Waals surface area contributed by atoms with Crippen LogP contribution in [0.5, 0.6) is 0 Å². The summed E-state index contributed by atoms with van der Waals surface area (Å²) in [5.41, 5.74) is 1.77. The van der Waals surface area contributed by atoms with E-state index in [2.05, 4.69) is 27.8 Å². The molecule has 5 nitrogen and oxygen atoms in total. The molecule has 2 heterocycles. The lowest BCUT2D eigenvalue weighted by Crippen LogP contribution is -2.52. The van der Waals surface area contributed by atoms with Crippen LogP contribution in [0.4, 0.5) is 14.9 Å². The van der Waals surface area contributed by atoms with Gasteiger partial charge in [0.15, 0.2) is 0 Å². The molecular formula is C30H38ClFN4O. The molecule has 3 aliphatic rings. The molecule has 37 heavy (non-hydrogen) atoms. The summed E-state index contributed by atoms with van der Waals surface area (Å²) in [6, 6.07) is 14.7. The van der Waals surface area contributed by atoms with Gasteiger partial charge in [-0.2, -0.15) is 4.99 Å². The summed E-state index contributed by atoms with van der Waals surface area (Å²) in [7, 11) is 0. The Morgan fingerprint density at radius 3 is 2.68 bits per heavy atom. The Labute approximate surface area is 225 Å². The molecule has 2 aromatic rings. The zero-order valence-electron chi connectivity index (χ0n) is 21.7. The summed E-state index contributed by atoms with van der Waals surface area (Å²) in [6.45, 7) is 5.24. The number of nitrogens with zero attached hydrogens (tertiary/aromatic N) is 4. The molecule has 3 atom stereocenters. The molecule has 1 aliphatic carbocycles. The van der Waals surface area contributed by atoms with Crippen LogP contribution in [0.3, 0.4) is 0 Å². The highest BCUT2D eigenvalue weighted by Crippen LogP contribution is 2.32. The number of anilines is 1. The second-order valence-corrected chi connectivity index (χ2v) is 11.5. The van der Waals surface area contributed by atoms with Crippen LogP contribution in [0, 0.1) is 11.7 Å². The van der Waals surface area contributed by atoms with Crippen molar-refractivity contribution in [2.24, 2.45) is 10.9 Å². The third-order valence-corrected chi connectivity index (χ3v) is 8.70. The van der Waals surface area contributed by atoms with Crippen LogP contribution in [-0.4, -0.2) is 59.9 Å². The van der Waals surface area contributed by atoms with Crippen LogP contribution in [0.1, 0.15) is 57.4 Å². The minimum atomic E-state index is -0.337. The number of carbonyl (C=O) groups excluding carboxylic acids is 1. The van der Waals surface area contributed by atoms with E-state index in [1.54, 1.807) is 17.3 Å². The predicted molar refractivity (Wildman–Crippen MR) is 149 cm³/mol. The van der Waals surface area contributed by atoms with E-state index in [4.69, 9.17) is 11.6 Å². The minimum Gasteiger partial charge on any atom is -0.359 e. The number of rotatable bonds is 7. The molecule has 0 radical (unpaired) electrons. The van der Waals surface area contributed by atoms with E-state index in [1.807, 2.05) is 24.3 Å². The maximum Gasteiger partial charge on any atom is 0.349 e. The van der Waals surface area contributed by atoms with Crippen LogP contribution in [-0.2, 0) is 6.42 Å². The maximum atomic E-state index is 14.2. The summed E-state index contributed by atoms with van der Waals surface area (Å²) in [5.74, 6) is 0.487. The quantitative estimate of drug-likeness (QED) is 0.295. The van der Waals surface area contributed by atoms with Crippen molar-refractivity contribution in [3.05, 3.63) is 64.9 Å². The van der Waals surface area contributed by atoms with E-state index < -0.39 is 0 Å². The molecule has 7 heteroatoms. The number of aliphatic imine (C=N–C) groups is 1. The van der Waals surface area contributed by atoms with E-state index in [-0.39, 0.29) is 23.9 Å². The van der Waals surface area contributed by atoms with Crippen molar-refractivity contribution >= 4 is 29.7 Å². The Bertz CT molecular complexity index is 1110. The fraction of sp³-hybridized carbons (Fsp3) is 0.533. The SMILES string of the molecule is C[C@H]1CC(N(C(=O)/N=C/N2CCCC2Cc2cccc(Cl)c2)c2cccc(F)c2)CCN1CC1CCC1. The molecular weight excluding hydrogens is 487 g/mol. The van der Waals surface area contributed by atoms with E-state index in [0.717, 1.165) is 62.7 Å². The molecule has 1 saturated carbocycles. The van der Waals surface area contributed by atoms with Crippen molar-refractivity contribution in [3.8, 4) is 0 Å². The summed E-state index contributed by atoms with van der Waals surface area (Å²) in [4.78, 5) is 24.5.